The van der Waals surface area contributed by atoms with Gasteiger partial charge in [0, 0.05) is 23.2 Å². The van der Waals surface area contributed by atoms with Crippen molar-refractivity contribution in [3.8, 4) is 0 Å². The van der Waals surface area contributed by atoms with E-state index in [2.05, 4.69) is 15.8 Å². The predicted octanol–water partition coefficient (Wildman–Crippen LogP) is 4.18. The zero-order valence-corrected chi connectivity index (χ0v) is 16.5. The molecule has 0 bridgehead atoms. The third kappa shape index (κ3) is 4.54. The summed E-state index contributed by atoms with van der Waals surface area (Å²) in [5.74, 6) is 0.593. The van der Waals surface area contributed by atoms with Gasteiger partial charge in [-0.2, -0.15) is 5.10 Å². The number of thiocarbonyl (C=S) groups is 1. The molecule has 2 aromatic rings. The van der Waals surface area contributed by atoms with E-state index in [1.165, 1.54) is 0 Å². The number of rotatable bonds is 4. The van der Waals surface area contributed by atoms with E-state index in [-0.39, 0.29) is 11.9 Å². The van der Waals surface area contributed by atoms with Gasteiger partial charge in [0.05, 0.1) is 11.8 Å². The number of furan rings is 1. The number of carbonyl (C=O) groups excluding carboxylic acids is 1. The topological polar surface area (TPSA) is 75.9 Å². The Morgan fingerprint density at radius 1 is 1.26 bits per heavy atom. The van der Waals surface area contributed by atoms with E-state index in [1.807, 2.05) is 51.1 Å². The first-order chi connectivity index (χ1) is 13.0. The number of esters is 1. The van der Waals surface area contributed by atoms with E-state index >= 15 is 0 Å². The van der Waals surface area contributed by atoms with Gasteiger partial charge in [-0.3, -0.25) is 5.43 Å². The number of nitrogens with zero attached hydrogens (tertiary/aromatic N) is 1. The number of benzene rings is 1. The number of fused-ring (bicyclic) bond motifs is 1. The van der Waals surface area contributed by atoms with Gasteiger partial charge in [-0.05, 0) is 58.0 Å². The average molecular weight is 385 g/mol. The van der Waals surface area contributed by atoms with Crippen LogP contribution in [0, 0.1) is 6.92 Å². The van der Waals surface area contributed by atoms with Crippen LogP contribution in [0.4, 0.5) is 5.69 Å². The van der Waals surface area contributed by atoms with Crippen LogP contribution in [-0.4, -0.2) is 22.9 Å². The van der Waals surface area contributed by atoms with Crippen molar-refractivity contribution in [2.24, 2.45) is 5.10 Å². The van der Waals surface area contributed by atoms with Gasteiger partial charge >= 0.3 is 5.97 Å². The Labute approximate surface area is 164 Å². The van der Waals surface area contributed by atoms with Crippen molar-refractivity contribution < 1.29 is 13.9 Å². The second kappa shape index (κ2) is 8.35. The molecule has 0 unspecified atom stereocenters. The second-order valence-electron chi connectivity index (χ2n) is 6.65. The number of hydrogen-bond donors (Lipinski definition) is 2. The Kier molecular flexibility index (Phi) is 5.91. The molecule has 1 aromatic carbocycles. The summed E-state index contributed by atoms with van der Waals surface area (Å²) in [6.07, 6.45) is 2.26. The number of nitrogens with one attached hydrogen (secondary N) is 2. The highest BCUT2D eigenvalue weighted by Crippen LogP contribution is 2.30. The summed E-state index contributed by atoms with van der Waals surface area (Å²) in [5.41, 5.74) is 6.25. The predicted molar refractivity (Wildman–Crippen MR) is 109 cm³/mol. The number of ether oxygens (including phenoxy) is 1. The van der Waals surface area contributed by atoms with E-state index in [4.69, 9.17) is 21.4 Å². The molecule has 1 heterocycles. The SMILES string of the molecule is Cc1c(C(=O)OC(C)C)oc2c1/C(=N/NC(=S)Nc1ccccc1)CCC2. The highest BCUT2D eigenvalue weighted by molar-refractivity contribution is 7.80. The molecule has 0 saturated heterocycles. The molecule has 2 N–H and O–H groups in total. The fourth-order valence-electron chi connectivity index (χ4n) is 3.04. The fraction of sp³-hybridized carbons (Fsp3) is 0.350. The first-order valence-corrected chi connectivity index (χ1v) is 9.38. The zero-order chi connectivity index (χ0) is 19.4. The van der Waals surface area contributed by atoms with Crippen LogP contribution < -0.4 is 10.7 Å². The van der Waals surface area contributed by atoms with E-state index in [0.29, 0.717) is 5.11 Å². The third-order valence-electron chi connectivity index (χ3n) is 4.18. The Bertz CT molecular complexity index is 872. The van der Waals surface area contributed by atoms with Crippen molar-refractivity contribution in [2.45, 2.75) is 46.1 Å². The number of hydrogen-bond acceptors (Lipinski definition) is 5. The second-order valence-corrected chi connectivity index (χ2v) is 7.06. The Balaban J connectivity index is 1.77. The molecule has 142 valence electrons. The van der Waals surface area contributed by atoms with E-state index in [9.17, 15) is 4.79 Å². The van der Waals surface area contributed by atoms with Gasteiger partial charge in [-0.1, -0.05) is 18.2 Å². The van der Waals surface area contributed by atoms with E-state index in [0.717, 1.165) is 47.5 Å². The summed E-state index contributed by atoms with van der Waals surface area (Å²) in [5, 5.41) is 7.95. The van der Waals surface area contributed by atoms with Crippen LogP contribution >= 0.6 is 12.2 Å². The molecular formula is C20H23N3O3S. The van der Waals surface area contributed by atoms with Crippen LogP contribution in [0.25, 0.3) is 0 Å². The normalized spacial score (nSPS) is 14.7. The quantitative estimate of drug-likeness (QED) is 0.467. The van der Waals surface area contributed by atoms with Crippen molar-refractivity contribution in [2.75, 3.05) is 5.32 Å². The molecule has 7 heteroatoms. The molecule has 0 saturated carbocycles. The molecule has 0 aliphatic heterocycles. The van der Waals surface area contributed by atoms with Crippen molar-refractivity contribution >= 4 is 34.7 Å². The highest BCUT2D eigenvalue weighted by atomic mass is 32.1. The molecule has 3 rings (SSSR count). The summed E-state index contributed by atoms with van der Waals surface area (Å²) in [7, 11) is 0. The maximum atomic E-state index is 12.3. The molecule has 6 nitrogen and oxygen atoms in total. The molecule has 1 aromatic heterocycles. The van der Waals surface area contributed by atoms with Crippen LogP contribution in [-0.2, 0) is 11.2 Å². The van der Waals surface area contributed by atoms with Crippen LogP contribution in [0.5, 0.6) is 0 Å². The lowest BCUT2D eigenvalue weighted by atomic mass is 9.93. The lowest BCUT2D eigenvalue weighted by Crippen LogP contribution is -2.26. The van der Waals surface area contributed by atoms with E-state index < -0.39 is 5.97 Å². The van der Waals surface area contributed by atoms with Gasteiger partial charge in [0.1, 0.15) is 5.76 Å². The molecule has 1 aliphatic rings. The molecule has 0 atom stereocenters. The van der Waals surface area contributed by atoms with Crippen molar-refractivity contribution in [3.05, 3.63) is 53.0 Å². The van der Waals surface area contributed by atoms with Gasteiger partial charge in [-0.15, -0.1) is 0 Å². The molecule has 27 heavy (non-hydrogen) atoms. The Morgan fingerprint density at radius 2 is 2.00 bits per heavy atom. The fourth-order valence-corrected chi connectivity index (χ4v) is 3.20. The first-order valence-electron chi connectivity index (χ1n) is 8.98. The van der Waals surface area contributed by atoms with Gasteiger partial charge in [0.25, 0.3) is 0 Å². The zero-order valence-electron chi connectivity index (χ0n) is 15.7. The number of carbonyl (C=O) groups is 1. The van der Waals surface area contributed by atoms with Gasteiger partial charge in [0.2, 0.25) is 5.76 Å². The number of anilines is 1. The van der Waals surface area contributed by atoms with Crippen molar-refractivity contribution in [1.82, 2.24) is 5.43 Å². The maximum absolute atomic E-state index is 12.3. The van der Waals surface area contributed by atoms with Crippen molar-refractivity contribution in [1.29, 1.82) is 0 Å². The maximum Gasteiger partial charge on any atom is 0.374 e. The van der Waals surface area contributed by atoms with Gasteiger partial charge in [0.15, 0.2) is 5.11 Å². The third-order valence-corrected chi connectivity index (χ3v) is 4.37. The standard InChI is InChI=1S/C20H23N3O3S/c1-12(2)25-19(24)18-13(3)17-15(10-7-11-16(17)26-18)22-23-20(27)21-14-8-5-4-6-9-14/h4-6,8-9,12H,7,10-11H2,1-3H3,(H2,21,23,27)/b22-15+. The highest BCUT2D eigenvalue weighted by Gasteiger charge is 2.29. The molecule has 1 aliphatic carbocycles. The summed E-state index contributed by atoms with van der Waals surface area (Å²) in [4.78, 5) is 12.3. The first kappa shape index (κ1) is 19.1. The minimum Gasteiger partial charge on any atom is -0.457 e. The molecule has 0 radical (unpaired) electrons. The number of hydrazone groups is 1. The van der Waals surface area contributed by atoms with Crippen LogP contribution in [0.15, 0.2) is 39.9 Å². The molecule has 0 spiro atoms. The largest absolute Gasteiger partial charge is 0.457 e. The summed E-state index contributed by atoms with van der Waals surface area (Å²) in [6, 6.07) is 9.64. The van der Waals surface area contributed by atoms with E-state index in [1.54, 1.807) is 0 Å². The minimum absolute atomic E-state index is 0.199. The minimum atomic E-state index is -0.439. The smallest absolute Gasteiger partial charge is 0.374 e. The Hall–Kier alpha value is -2.67. The Morgan fingerprint density at radius 3 is 2.70 bits per heavy atom. The molecule has 0 fully saturated rings. The van der Waals surface area contributed by atoms with Gasteiger partial charge < -0.3 is 14.5 Å². The van der Waals surface area contributed by atoms with Crippen molar-refractivity contribution in [3.63, 3.8) is 0 Å². The van der Waals surface area contributed by atoms with Gasteiger partial charge in [-0.25, -0.2) is 4.79 Å². The summed E-state index contributed by atoms with van der Waals surface area (Å²) in [6.45, 7) is 5.49. The number of para-hydroxylation sites is 1. The van der Waals surface area contributed by atoms with Crippen LogP contribution in [0.2, 0.25) is 0 Å². The lowest BCUT2D eigenvalue weighted by molar-refractivity contribution is 0.0338. The lowest BCUT2D eigenvalue weighted by Gasteiger charge is -2.14. The summed E-state index contributed by atoms with van der Waals surface area (Å²) < 4.78 is 11.1. The molecular weight excluding hydrogens is 362 g/mol. The molecule has 0 amide bonds. The summed E-state index contributed by atoms with van der Waals surface area (Å²) >= 11 is 5.30. The number of aryl methyl sites for hydroxylation is 1. The van der Waals surface area contributed by atoms with Crippen LogP contribution in [0.3, 0.4) is 0 Å². The average Bonchev–Trinajstić information content (AvgIpc) is 2.98. The van der Waals surface area contributed by atoms with Crippen LogP contribution in [0.1, 0.15) is 54.1 Å². The monoisotopic (exact) mass is 385 g/mol.